The van der Waals surface area contributed by atoms with Crippen LogP contribution in [0.2, 0.25) is 0 Å². The quantitative estimate of drug-likeness (QED) is 0.853. The van der Waals surface area contributed by atoms with Gasteiger partial charge in [-0.1, -0.05) is 18.2 Å². The first-order valence-electron chi connectivity index (χ1n) is 6.34. The second kappa shape index (κ2) is 5.31. The topological polar surface area (TPSA) is 12.0 Å². The van der Waals surface area contributed by atoms with E-state index in [1.165, 1.54) is 12.1 Å². The van der Waals surface area contributed by atoms with Gasteiger partial charge in [0, 0.05) is 6.04 Å². The number of piperidine rings is 1. The second-order valence-corrected chi connectivity index (χ2v) is 5.15. The monoisotopic (exact) mass is 257 g/mol. The van der Waals surface area contributed by atoms with Crippen LogP contribution in [0.1, 0.15) is 30.9 Å². The fourth-order valence-electron chi connectivity index (χ4n) is 2.63. The summed E-state index contributed by atoms with van der Waals surface area (Å²) in [7, 11) is 0. The molecule has 100 valence electrons. The zero-order chi connectivity index (χ0) is 13.2. The Bertz CT molecular complexity index is 400. The largest absolute Gasteiger partial charge is 0.416 e. The van der Waals surface area contributed by atoms with Crippen molar-refractivity contribution in [2.75, 3.05) is 6.54 Å². The Labute approximate surface area is 105 Å². The van der Waals surface area contributed by atoms with Gasteiger partial charge in [0.1, 0.15) is 0 Å². The molecule has 1 aliphatic heterocycles. The molecule has 1 heterocycles. The van der Waals surface area contributed by atoms with Crippen molar-refractivity contribution < 1.29 is 13.2 Å². The third-order valence-corrected chi connectivity index (χ3v) is 3.51. The predicted octanol–water partition coefficient (Wildman–Crippen LogP) is 3.64. The summed E-state index contributed by atoms with van der Waals surface area (Å²) in [5.74, 6) is 0.490. The van der Waals surface area contributed by atoms with Crippen LogP contribution in [0.4, 0.5) is 13.2 Å². The van der Waals surface area contributed by atoms with Crippen LogP contribution in [-0.2, 0) is 12.6 Å². The summed E-state index contributed by atoms with van der Waals surface area (Å²) in [6.45, 7) is 3.09. The van der Waals surface area contributed by atoms with Crippen LogP contribution >= 0.6 is 0 Å². The molecule has 0 saturated carbocycles. The average molecular weight is 257 g/mol. The van der Waals surface area contributed by atoms with Crippen LogP contribution in [-0.4, -0.2) is 12.6 Å². The van der Waals surface area contributed by atoms with E-state index in [0.717, 1.165) is 37.4 Å². The summed E-state index contributed by atoms with van der Waals surface area (Å²) in [5.41, 5.74) is 0.255. The summed E-state index contributed by atoms with van der Waals surface area (Å²) in [5, 5.41) is 3.35. The lowest BCUT2D eigenvalue weighted by Crippen LogP contribution is -2.36. The Morgan fingerprint density at radius 2 is 2.11 bits per heavy atom. The maximum atomic E-state index is 12.6. The van der Waals surface area contributed by atoms with E-state index in [2.05, 4.69) is 12.2 Å². The first-order chi connectivity index (χ1) is 8.45. The highest BCUT2D eigenvalue weighted by Gasteiger charge is 2.30. The van der Waals surface area contributed by atoms with E-state index < -0.39 is 11.7 Å². The average Bonchev–Trinajstić information content (AvgIpc) is 2.28. The lowest BCUT2D eigenvalue weighted by Gasteiger charge is -2.28. The fourth-order valence-corrected chi connectivity index (χ4v) is 2.63. The lowest BCUT2D eigenvalue weighted by molar-refractivity contribution is -0.137. The molecule has 1 nitrogen and oxygen atoms in total. The lowest BCUT2D eigenvalue weighted by atomic mass is 9.87. The third kappa shape index (κ3) is 3.48. The standard InChI is InChI=1S/C14H18F3N/c1-10-7-12(5-6-18-10)8-11-3-2-4-13(9-11)14(15,16)17/h2-4,9-10,12,18H,5-8H2,1H3. The van der Waals surface area contributed by atoms with E-state index in [-0.39, 0.29) is 0 Å². The molecule has 0 amide bonds. The summed E-state index contributed by atoms with van der Waals surface area (Å²) >= 11 is 0. The fraction of sp³-hybridized carbons (Fsp3) is 0.571. The van der Waals surface area contributed by atoms with E-state index in [1.807, 2.05) is 0 Å². The van der Waals surface area contributed by atoms with Crippen molar-refractivity contribution in [2.45, 2.75) is 38.4 Å². The van der Waals surface area contributed by atoms with Crippen molar-refractivity contribution >= 4 is 0 Å². The number of halogens is 3. The minimum absolute atomic E-state index is 0.467. The first kappa shape index (κ1) is 13.4. The van der Waals surface area contributed by atoms with Crippen LogP contribution in [0.3, 0.4) is 0 Å². The minimum atomic E-state index is -4.24. The Hall–Kier alpha value is -1.03. The van der Waals surface area contributed by atoms with Gasteiger partial charge < -0.3 is 5.32 Å². The smallest absolute Gasteiger partial charge is 0.314 e. The van der Waals surface area contributed by atoms with Crippen LogP contribution in [0.5, 0.6) is 0 Å². The van der Waals surface area contributed by atoms with E-state index in [1.54, 1.807) is 6.07 Å². The SMILES string of the molecule is CC1CC(Cc2cccc(C(F)(F)F)c2)CCN1. The molecule has 0 aliphatic carbocycles. The molecule has 2 atom stereocenters. The molecule has 2 unspecified atom stereocenters. The Balaban J connectivity index is 2.05. The number of benzene rings is 1. The highest BCUT2D eigenvalue weighted by Crippen LogP contribution is 2.30. The van der Waals surface area contributed by atoms with Gasteiger partial charge in [0.25, 0.3) is 0 Å². The molecule has 1 aliphatic rings. The first-order valence-corrected chi connectivity index (χ1v) is 6.34. The number of alkyl halides is 3. The molecular weight excluding hydrogens is 239 g/mol. The summed E-state index contributed by atoms with van der Waals surface area (Å²) in [6, 6.07) is 6.18. The molecule has 0 radical (unpaired) electrons. The normalized spacial score (nSPS) is 25.1. The summed E-state index contributed by atoms with van der Waals surface area (Å²) in [6.07, 6.45) is -1.41. The van der Waals surface area contributed by atoms with Gasteiger partial charge in [-0.25, -0.2) is 0 Å². The Kier molecular flexibility index (Phi) is 3.95. The summed E-state index contributed by atoms with van der Waals surface area (Å²) in [4.78, 5) is 0. The zero-order valence-electron chi connectivity index (χ0n) is 10.4. The van der Waals surface area contributed by atoms with Crippen LogP contribution in [0.15, 0.2) is 24.3 Å². The molecule has 0 spiro atoms. The van der Waals surface area contributed by atoms with E-state index in [4.69, 9.17) is 0 Å². The van der Waals surface area contributed by atoms with Crippen molar-refractivity contribution in [1.82, 2.24) is 5.32 Å². The molecule has 0 aromatic heterocycles. The third-order valence-electron chi connectivity index (χ3n) is 3.51. The molecule has 1 aromatic carbocycles. The number of hydrogen-bond donors (Lipinski definition) is 1. The highest BCUT2D eigenvalue weighted by atomic mass is 19.4. The molecule has 1 fully saturated rings. The molecule has 4 heteroatoms. The van der Waals surface area contributed by atoms with E-state index >= 15 is 0 Å². The molecule has 1 saturated heterocycles. The molecule has 18 heavy (non-hydrogen) atoms. The van der Waals surface area contributed by atoms with Gasteiger partial charge in [0.05, 0.1) is 5.56 Å². The molecular formula is C14H18F3N. The maximum absolute atomic E-state index is 12.6. The van der Waals surface area contributed by atoms with Crippen molar-refractivity contribution in [3.8, 4) is 0 Å². The Morgan fingerprint density at radius 1 is 1.33 bits per heavy atom. The molecule has 0 bridgehead atoms. The van der Waals surface area contributed by atoms with Crippen molar-refractivity contribution in [1.29, 1.82) is 0 Å². The number of rotatable bonds is 2. The van der Waals surface area contributed by atoms with Gasteiger partial charge in [-0.05, 0) is 50.3 Å². The zero-order valence-corrected chi connectivity index (χ0v) is 10.4. The Morgan fingerprint density at radius 3 is 2.78 bits per heavy atom. The van der Waals surface area contributed by atoms with Crippen molar-refractivity contribution in [3.63, 3.8) is 0 Å². The summed E-state index contributed by atoms with van der Waals surface area (Å²) < 4.78 is 37.8. The number of hydrogen-bond acceptors (Lipinski definition) is 1. The van der Waals surface area contributed by atoms with Crippen LogP contribution < -0.4 is 5.32 Å². The van der Waals surface area contributed by atoms with Gasteiger partial charge in [-0.15, -0.1) is 0 Å². The second-order valence-electron chi connectivity index (χ2n) is 5.15. The van der Waals surface area contributed by atoms with E-state index in [9.17, 15) is 13.2 Å². The molecule has 1 aromatic rings. The minimum Gasteiger partial charge on any atom is -0.314 e. The van der Waals surface area contributed by atoms with Crippen LogP contribution in [0, 0.1) is 5.92 Å². The maximum Gasteiger partial charge on any atom is 0.416 e. The van der Waals surface area contributed by atoms with E-state index in [0.29, 0.717) is 12.0 Å². The van der Waals surface area contributed by atoms with Crippen molar-refractivity contribution in [2.24, 2.45) is 5.92 Å². The van der Waals surface area contributed by atoms with Gasteiger partial charge in [0.2, 0.25) is 0 Å². The van der Waals surface area contributed by atoms with Gasteiger partial charge >= 0.3 is 6.18 Å². The van der Waals surface area contributed by atoms with Gasteiger partial charge in [-0.3, -0.25) is 0 Å². The van der Waals surface area contributed by atoms with Crippen LogP contribution in [0.25, 0.3) is 0 Å². The molecule has 2 rings (SSSR count). The van der Waals surface area contributed by atoms with Gasteiger partial charge in [0.15, 0.2) is 0 Å². The van der Waals surface area contributed by atoms with Crippen molar-refractivity contribution in [3.05, 3.63) is 35.4 Å². The molecule has 1 N–H and O–H groups in total. The number of nitrogens with one attached hydrogen (secondary N) is 1. The highest BCUT2D eigenvalue weighted by molar-refractivity contribution is 5.26. The van der Waals surface area contributed by atoms with Gasteiger partial charge in [-0.2, -0.15) is 13.2 Å². The predicted molar refractivity (Wildman–Crippen MR) is 65.3 cm³/mol.